The number of hydrogen-bond acceptors (Lipinski definition) is 2. The molecule has 1 saturated heterocycles. The van der Waals surface area contributed by atoms with Crippen LogP contribution in [0.4, 0.5) is 0 Å². The smallest absolute Gasteiger partial charge is 0.221 e. The summed E-state index contributed by atoms with van der Waals surface area (Å²) in [5.41, 5.74) is 5.35. The van der Waals surface area contributed by atoms with Crippen LogP contribution in [0.5, 0.6) is 0 Å². The highest BCUT2D eigenvalue weighted by molar-refractivity contribution is 5.77. The molecular formula is C13H24N2O. The van der Waals surface area contributed by atoms with Crippen LogP contribution in [0.1, 0.15) is 39.0 Å². The van der Waals surface area contributed by atoms with Gasteiger partial charge in [0.2, 0.25) is 5.91 Å². The van der Waals surface area contributed by atoms with Crippen molar-refractivity contribution in [3.05, 3.63) is 0 Å². The minimum atomic E-state index is -0.112. The van der Waals surface area contributed by atoms with Gasteiger partial charge in [-0.25, -0.2) is 0 Å². The van der Waals surface area contributed by atoms with E-state index in [0.717, 1.165) is 31.3 Å². The largest absolute Gasteiger partial charge is 0.369 e. The van der Waals surface area contributed by atoms with Gasteiger partial charge in [-0.3, -0.25) is 4.79 Å². The predicted octanol–water partition coefficient (Wildman–Crippen LogP) is 1.62. The Bertz CT molecular complexity index is 254. The maximum absolute atomic E-state index is 11.1. The Hall–Kier alpha value is -0.570. The van der Waals surface area contributed by atoms with Gasteiger partial charge in [0.05, 0.1) is 5.92 Å². The van der Waals surface area contributed by atoms with Gasteiger partial charge in [0.15, 0.2) is 0 Å². The molecule has 0 bridgehead atoms. The van der Waals surface area contributed by atoms with E-state index in [1.807, 2.05) is 0 Å². The number of primary amides is 1. The molecule has 1 aliphatic carbocycles. The van der Waals surface area contributed by atoms with Gasteiger partial charge in [-0.2, -0.15) is 0 Å². The lowest BCUT2D eigenvalue weighted by Crippen LogP contribution is -2.33. The van der Waals surface area contributed by atoms with Crippen molar-refractivity contribution < 1.29 is 4.79 Å². The minimum Gasteiger partial charge on any atom is -0.369 e. The maximum atomic E-state index is 11.1. The predicted molar refractivity (Wildman–Crippen MR) is 64.9 cm³/mol. The van der Waals surface area contributed by atoms with Gasteiger partial charge < -0.3 is 10.6 Å². The van der Waals surface area contributed by atoms with Crippen molar-refractivity contribution in [3.8, 4) is 0 Å². The second-order valence-corrected chi connectivity index (χ2v) is 5.67. The van der Waals surface area contributed by atoms with Crippen LogP contribution < -0.4 is 5.73 Å². The summed E-state index contributed by atoms with van der Waals surface area (Å²) in [7, 11) is 0. The Morgan fingerprint density at radius 1 is 1.31 bits per heavy atom. The monoisotopic (exact) mass is 224 g/mol. The normalized spacial score (nSPS) is 36.4. The zero-order valence-corrected chi connectivity index (χ0v) is 10.3. The molecule has 1 amide bonds. The first-order valence-electron chi connectivity index (χ1n) is 6.68. The Balaban J connectivity index is 1.79. The highest BCUT2D eigenvalue weighted by Gasteiger charge is 2.30. The van der Waals surface area contributed by atoms with Crippen molar-refractivity contribution in [2.45, 2.75) is 39.0 Å². The number of hydrogen-bond donors (Lipinski definition) is 1. The summed E-state index contributed by atoms with van der Waals surface area (Å²) in [6.45, 7) is 5.53. The number of amides is 1. The first-order valence-corrected chi connectivity index (χ1v) is 6.68. The van der Waals surface area contributed by atoms with Gasteiger partial charge in [0.1, 0.15) is 0 Å². The third kappa shape index (κ3) is 2.76. The molecule has 1 heterocycles. The highest BCUT2D eigenvalue weighted by Crippen LogP contribution is 2.31. The van der Waals surface area contributed by atoms with E-state index in [9.17, 15) is 4.79 Å². The number of carbonyl (C=O) groups is 1. The minimum absolute atomic E-state index is 0.110. The molecule has 3 heteroatoms. The molecule has 0 radical (unpaired) electrons. The molecule has 0 aromatic heterocycles. The molecule has 0 unspecified atom stereocenters. The van der Waals surface area contributed by atoms with E-state index >= 15 is 0 Å². The topological polar surface area (TPSA) is 46.3 Å². The molecule has 0 aromatic rings. The summed E-state index contributed by atoms with van der Waals surface area (Å²) in [5, 5.41) is 0. The second-order valence-electron chi connectivity index (χ2n) is 5.67. The second kappa shape index (κ2) is 5.17. The molecule has 2 rings (SSSR count). The standard InChI is InChI=1S/C13H24N2O/c1-10-4-2-3-5-11(10)8-15-7-6-12(9-15)13(14)16/h10-12H,2-9H2,1H3,(H2,14,16)/t10-,11+,12+/m1/s1. The van der Waals surface area contributed by atoms with E-state index in [-0.39, 0.29) is 11.8 Å². The lowest BCUT2D eigenvalue weighted by molar-refractivity contribution is -0.121. The van der Waals surface area contributed by atoms with Crippen LogP contribution in [-0.4, -0.2) is 30.4 Å². The van der Waals surface area contributed by atoms with Crippen molar-refractivity contribution in [3.63, 3.8) is 0 Å². The van der Waals surface area contributed by atoms with E-state index in [0.29, 0.717) is 0 Å². The summed E-state index contributed by atoms with van der Waals surface area (Å²) in [5.74, 6) is 1.71. The van der Waals surface area contributed by atoms with Crippen molar-refractivity contribution in [1.82, 2.24) is 4.90 Å². The molecule has 92 valence electrons. The third-order valence-corrected chi connectivity index (χ3v) is 4.46. The van der Waals surface area contributed by atoms with Gasteiger partial charge in [0.25, 0.3) is 0 Å². The van der Waals surface area contributed by atoms with Crippen LogP contribution in [0.15, 0.2) is 0 Å². The molecule has 16 heavy (non-hydrogen) atoms. The number of nitrogens with zero attached hydrogens (tertiary/aromatic N) is 1. The molecule has 0 aromatic carbocycles. The lowest BCUT2D eigenvalue weighted by Gasteiger charge is -2.32. The molecule has 2 fully saturated rings. The summed E-state index contributed by atoms with van der Waals surface area (Å²) in [6.07, 6.45) is 6.52. The zero-order chi connectivity index (χ0) is 11.5. The summed E-state index contributed by atoms with van der Waals surface area (Å²) in [6, 6.07) is 0. The van der Waals surface area contributed by atoms with E-state index in [1.165, 1.54) is 32.2 Å². The highest BCUT2D eigenvalue weighted by atomic mass is 16.1. The zero-order valence-electron chi connectivity index (χ0n) is 10.3. The quantitative estimate of drug-likeness (QED) is 0.792. The first-order chi connectivity index (χ1) is 7.66. The van der Waals surface area contributed by atoms with Crippen LogP contribution >= 0.6 is 0 Å². The Morgan fingerprint density at radius 3 is 2.69 bits per heavy atom. The van der Waals surface area contributed by atoms with Gasteiger partial charge in [-0.15, -0.1) is 0 Å². The van der Waals surface area contributed by atoms with E-state index in [4.69, 9.17) is 5.73 Å². The molecule has 3 atom stereocenters. The average molecular weight is 224 g/mol. The van der Waals surface area contributed by atoms with Crippen LogP contribution in [-0.2, 0) is 4.79 Å². The van der Waals surface area contributed by atoms with Gasteiger partial charge >= 0.3 is 0 Å². The van der Waals surface area contributed by atoms with E-state index in [2.05, 4.69) is 11.8 Å². The van der Waals surface area contributed by atoms with Crippen molar-refractivity contribution in [1.29, 1.82) is 0 Å². The fourth-order valence-electron chi connectivity index (χ4n) is 3.23. The van der Waals surface area contributed by atoms with Crippen LogP contribution in [0.3, 0.4) is 0 Å². The SMILES string of the molecule is C[C@@H]1CCCC[C@H]1CN1CC[C@H](C(N)=O)C1. The maximum Gasteiger partial charge on any atom is 0.221 e. The average Bonchev–Trinajstić information content (AvgIpc) is 2.70. The van der Waals surface area contributed by atoms with Crippen LogP contribution in [0.2, 0.25) is 0 Å². The van der Waals surface area contributed by atoms with Crippen LogP contribution in [0, 0.1) is 17.8 Å². The van der Waals surface area contributed by atoms with Crippen molar-refractivity contribution >= 4 is 5.91 Å². The number of nitrogens with two attached hydrogens (primary N) is 1. The fraction of sp³-hybridized carbons (Fsp3) is 0.923. The van der Waals surface area contributed by atoms with Gasteiger partial charge in [-0.05, 0) is 31.2 Å². The number of carbonyl (C=O) groups excluding carboxylic acids is 1. The summed E-state index contributed by atoms with van der Waals surface area (Å²) >= 11 is 0. The van der Waals surface area contributed by atoms with Crippen molar-refractivity contribution in [2.24, 2.45) is 23.5 Å². The molecule has 1 saturated carbocycles. The Kier molecular flexibility index (Phi) is 3.85. The van der Waals surface area contributed by atoms with Crippen LogP contribution in [0.25, 0.3) is 0 Å². The third-order valence-electron chi connectivity index (χ3n) is 4.46. The first kappa shape index (κ1) is 11.9. The summed E-state index contributed by atoms with van der Waals surface area (Å²) in [4.78, 5) is 13.5. The van der Waals surface area contributed by atoms with Crippen molar-refractivity contribution in [2.75, 3.05) is 19.6 Å². The Morgan fingerprint density at radius 2 is 2.06 bits per heavy atom. The lowest BCUT2D eigenvalue weighted by atomic mass is 9.80. The van der Waals surface area contributed by atoms with E-state index in [1.54, 1.807) is 0 Å². The summed E-state index contributed by atoms with van der Waals surface area (Å²) < 4.78 is 0. The fourth-order valence-corrected chi connectivity index (χ4v) is 3.23. The molecule has 3 nitrogen and oxygen atoms in total. The van der Waals surface area contributed by atoms with Gasteiger partial charge in [-0.1, -0.05) is 26.2 Å². The van der Waals surface area contributed by atoms with E-state index < -0.39 is 0 Å². The molecule has 1 aliphatic heterocycles. The molecule has 2 aliphatic rings. The number of rotatable bonds is 3. The van der Waals surface area contributed by atoms with Gasteiger partial charge in [0, 0.05) is 13.1 Å². The molecule has 0 spiro atoms. The molecular weight excluding hydrogens is 200 g/mol. The number of likely N-dealkylation sites (tertiary alicyclic amines) is 1. The molecule has 2 N–H and O–H groups in total. The Labute approximate surface area is 98.4 Å².